The number of carbonyl (C=O) groups excluding carboxylic acids is 1. The molecule has 1 fully saturated rings. The van der Waals surface area contributed by atoms with Crippen LogP contribution in [0.1, 0.15) is 48.3 Å². The van der Waals surface area contributed by atoms with E-state index in [0.29, 0.717) is 42.1 Å². The molecule has 0 atom stereocenters. The zero-order chi connectivity index (χ0) is 23.7. The molecule has 0 bridgehead atoms. The lowest BCUT2D eigenvalue weighted by molar-refractivity contribution is 0.0949. The summed E-state index contributed by atoms with van der Waals surface area (Å²) in [6, 6.07) is 7.13. The Morgan fingerprint density at radius 3 is 2.65 bits per heavy atom. The maximum absolute atomic E-state index is 13.0. The molecule has 4 heterocycles. The minimum Gasteiger partial charge on any atom is -0.350 e. The molecule has 10 heteroatoms. The number of nitrogens with one attached hydrogen (secondary N) is 2. The fourth-order valence-electron chi connectivity index (χ4n) is 3.98. The van der Waals surface area contributed by atoms with Crippen molar-refractivity contribution < 1.29 is 4.79 Å². The van der Waals surface area contributed by atoms with E-state index in [1.54, 1.807) is 29.1 Å². The fraction of sp³-hybridized carbons (Fsp3) is 0.333. The molecule has 1 aliphatic carbocycles. The maximum Gasteiger partial charge on any atom is 0.333 e. The molecule has 2 N–H and O–H groups in total. The smallest absolute Gasteiger partial charge is 0.333 e. The molecule has 1 saturated carbocycles. The largest absolute Gasteiger partial charge is 0.350 e. The highest BCUT2D eigenvalue weighted by atomic mass is 16.2. The number of H-pyrrole nitrogens is 1. The van der Waals surface area contributed by atoms with E-state index in [0.717, 1.165) is 24.8 Å². The van der Waals surface area contributed by atoms with Gasteiger partial charge < -0.3 is 10.3 Å². The monoisotopic (exact) mass is 459 g/mol. The molecular weight excluding hydrogens is 434 g/mol. The van der Waals surface area contributed by atoms with Crippen molar-refractivity contribution in [1.29, 1.82) is 0 Å². The Balaban J connectivity index is 1.38. The lowest BCUT2D eigenvalue weighted by atomic mass is 10.2. The molecule has 10 nitrogen and oxygen atoms in total. The minimum atomic E-state index is -0.341. The number of carbonyl (C=O) groups is 1. The molecule has 0 spiro atoms. The summed E-state index contributed by atoms with van der Waals surface area (Å²) in [7, 11) is 0. The second-order valence-electron chi connectivity index (χ2n) is 8.42. The van der Waals surface area contributed by atoms with Gasteiger partial charge in [0, 0.05) is 43.3 Å². The number of hydrogen-bond donors (Lipinski definition) is 2. The van der Waals surface area contributed by atoms with E-state index < -0.39 is 0 Å². The topological polar surface area (TPSA) is 128 Å². The third-order valence-corrected chi connectivity index (χ3v) is 5.89. The molecule has 4 aromatic rings. The van der Waals surface area contributed by atoms with E-state index in [2.05, 4.69) is 25.3 Å². The van der Waals surface area contributed by atoms with Gasteiger partial charge in [0.2, 0.25) is 0 Å². The molecule has 1 amide bonds. The molecule has 0 aliphatic heterocycles. The molecule has 0 unspecified atom stereocenters. The van der Waals surface area contributed by atoms with E-state index in [1.807, 2.05) is 19.1 Å². The van der Waals surface area contributed by atoms with Crippen LogP contribution in [0.3, 0.4) is 0 Å². The third-order valence-electron chi connectivity index (χ3n) is 5.89. The fourth-order valence-corrected chi connectivity index (χ4v) is 3.98. The van der Waals surface area contributed by atoms with Crippen molar-refractivity contribution in [3.63, 3.8) is 0 Å². The minimum absolute atomic E-state index is 0.0303. The Morgan fingerprint density at radius 2 is 1.97 bits per heavy atom. The SMILES string of the molecule is CCCn1c(=O)n(C2CC2)c(=O)c2[nH]c(-c3ccc(C(=O)NCCc4ccncc4)nc3)nc21. The van der Waals surface area contributed by atoms with Gasteiger partial charge in [-0.2, -0.15) is 0 Å². The van der Waals surface area contributed by atoms with Gasteiger partial charge in [-0.3, -0.25) is 28.7 Å². The number of aryl methyl sites for hydroxylation is 1. The van der Waals surface area contributed by atoms with Gasteiger partial charge in [-0.15, -0.1) is 0 Å². The lowest BCUT2D eigenvalue weighted by Crippen LogP contribution is -2.39. The van der Waals surface area contributed by atoms with Gasteiger partial charge in [0.15, 0.2) is 5.65 Å². The number of hydrogen-bond acceptors (Lipinski definition) is 6. The van der Waals surface area contributed by atoms with Crippen LogP contribution < -0.4 is 16.6 Å². The summed E-state index contributed by atoms with van der Waals surface area (Å²) in [5, 5.41) is 2.86. The number of amides is 1. The lowest BCUT2D eigenvalue weighted by Gasteiger charge is -2.09. The van der Waals surface area contributed by atoms with Crippen molar-refractivity contribution in [3.8, 4) is 11.4 Å². The molecule has 4 aromatic heterocycles. The first-order valence-electron chi connectivity index (χ1n) is 11.5. The highest BCUT2D eigenvalue weighted by molar-refractivity contribution is 5.92. The highest BCUT2D eigenvalue weighted by Gasteiger charge is 2.29. The Hall–Kier alpha value is -4.08. The third kappa shape index (κ3) is 4.14. The number of aromatic nitrogens is 6. The first kappa shape index (κ1) is 21.7. The quantitative estimate of drug-likeness (QED) is 0.415. The Morgan fingerprint density at radius 1 is 1.18 bits per heavy atom. The zero-order valence-electron chi connectivity index (χ0n) is 18.8. The summed E-state index contributed by atoms with van der Waals surface area (Å²) >= 11 is 0. The summed E-state index contributed by atoms with van der Waals surface area (Å²) in [6.07, 6.45) is 8.09. The van der Waals surface area contributed by atoms with E-state index in [-0.39, 0.29) is 28.9 Å². The van der Waals surface area contributed by atoms with Crippen molar-refractivity contribution in [2.75, 3.05) is 6.54 Å². The van der Waals surface area contributed by atoms with Crippen molar-refractivity contribution in [2.45, 2.75) is 45.2 Å². The van der Waals surface area contributed by atoms with Crippen LogP contribution in [-0.2, 0) is 13.0 Å². The molecule has 0 saturated heterocycles. The summed E-state index contributed by atoms with van der Waals surface area (Å²) < 4.78 is 2.91. The molecule has 174 valence electrons. The second kappa shape index (κ2) is 9.05. The van der Waals surface area contributed by atoms with Gasteiger partial charge in [-0.25, -0.2) is 9.78 Å². The standard InChI is InChI=1S/C24H25N7O3/c1-2-13-30-21-19(23(33)31(24(30)34)17-4-5-17)28-20(29-21)16-3-6-18(27-14-16)22(32)26-12-9-15-7-10-25-11-8-15/h3,6-8,10-11,14,17H,2,4-5,9,12-13H2,1H3,(H,26,32)(H,28,29). The summed E-state index contributed by atoms with van der Waals surface area (Å²) in [5.74, 6) is 0.163. The maximum atomic E-state index is 13.0. The van der Waals surface area contributed by atoms with Crippen LogP contribution in [0.2, 0.25) is 0 Å². The second-order valence-corrected chi connectivity index (χ2v) is 8.42. The van der Waals surface area contributed by atoms with Crippen LogP contribution in [-0.4, -0.2) is 41.5 Å². The number of aromatic amines is 1. The van der Waals surface area contributed by atoms with Crippen LogP contribution in [0.15, 0.2) is 52.4 Å². The van der Waals surface area contributed by atoms with Crippen LogP contribution in [0.4, 0.5) is 0 Å². The van der Waals surface area contributed by atoms with E-state index in [4.69, 9.17) is 0 Å². The average Bonchev–Trinajstić information content (AvgIpc) is 3.59. The van der Waals surface area contributed by atoms with Crippen molar-refractivity contribution in [2.24, 2.45) is 0 Å². The Kier molecular flexibility index (Phi) is 5.79. The van der Waals surface area contributed by atoms with Gasteiger partial charge in [0.1, 0.15) is 17.0 Å². The Labute approximate surface area is 194 Å². The molecule has 5 rings (SSSR count). The molecular formula is C24H25N7O3. The Bertz CT molecular complexity index is 1450. The highest BCUT2D eigenvalue weighted by Crippen LogP contribution is 2.32. The summed E-state index contributed by atoms with van der Waals surface area (Å²) in [6.45, 7) is 2.94. The van der Waals surface area contributed by atoms with Gasteiger partial charge in [0.05, 0.1) is 0 Å². The molecule has 1 aliphatic rings. The molecule has 0 radical (unpaired) electrons. The van der Waals surface area contributed by atoms with Gasteiger partial charge in [0.25, 0.3) is 11.5 Å². The number of nitrogens with zero attached hydrogens (tertiary/aromatic N) is 5. The number of fused-ring (bicyclic) bond motifs is 1. The average molecular weight is 460 g/mol. The van der Waals surface area contributed by atoms with E-state index >= 15 is 0 Å². The number of rotatable bonds is 8. The molecule has 0 aromatic carbocycles. The predicted octanol–water partition coefficient (Wildman–Crippen LogP) is 2.06. The van der Waals surface area contributed by atoms with Crippen LogP contribution in [0.5, 0.6) is 0 Å². The van der Waals surface area contributed by atoms with E-state index in [9.17, 15) is 14.4 Å². The normalized spacial score (nSPS) is 13.3. The first-order chi connectivity index (χ1) is 16.6. The number of imidazole rings is 1. The van der Waals surface area contributed by atoms with Crippen LogP contribution >= 0.6 is 0 Å². The van der Waals surface area contributed by atoms with Gasteiger partial charge in [-0.1, -0.05) is 6.92 Å². The molecule has 34 heavy (non-hydrogen) atoms. The number of pyridine rings is 2. The van der Waals surface area contributed by atoms with Gasteiger partial charge in [-0.05, 0) is 55.5 Å². The van der Waals surface area contributed by atoms with Gasteiger partial charge >= 0.3 is 5.69 Å². The van der Waals surface area contributed by atoms with Crippen LogP contribution in [0, 0.1) is 0 Å². The van der Waals surface area contributed by atoms with E-state index in [1.165, 1.54) is 10.8 Å². The van der Waals surface area contributed by atoms with Crippen LogP contribution in [0.25, 0.3) is 22.6 Å². The zero-order valence-corrected chi connectivity index (χ0v) is 18.8. The first-order valence-corrected chi connectivity index (χ1v) is 11.5. The predicted molar refractivity (Wildman–Crippen MR) is 127 cm³/mol. The van der Waals surface area contributed by atoms with Crippen molar-refractivity contribution in [3.05, 3.63) is 75.0 Å². The summed E-state index contributed by atoms with van der Waals surface area (Å²) in [5.41, 5.74) is 2.01. The van der Waals surface area contributed by atoms with Crippen molar-refractivity contribution in [1.82, 2.24) is 34.4 Å². The summed E-state index contributed by atoms with van der Waals surface area (Å²) in [4.78, 5) is 54.2. The van der Waals surface area contributed by atoms with Crippen molar-refractivity contribution >= 4 is 17.1 Å².